The standard InChI is InChI=1S/C20H17N3O3/c1-12(2)21-20(24)13-7-8-14-15(11-13)23-19(17-6-4-10-26-17)18(22-14)16-5-3-9-25-16/h3-12H,1-2H3,(H,21,24). The third kappa shape index (κ3) is 2.97. The van der Waals surface area contributed by atoms with E-state index in [-0.39, 0.29) is 11.9 Å². The van der Waals surface area contributed by atoms with Gasteiger partial charge in [-0.1, -0.05) is 0 Å². The van der Waals surface area contributed by atoms with Gasteiger partial charge in [0.15, 0.2) is 11.5 Å². The predicted octanol–water partition coefficient (Wildman–Crippen LogP) is 4.29. The van der Waals surface area contributed by atoms with E-state index in [1.807, 2.05) is 26.0 Å². The summed E-state index contributed by atoms with van der Waals surface area (Å²) in [6.07, 6.45) is 3.17. The normalized spacial score (nSPS) is 11.2. The number of furan rings is 2. The second kappa shape index (κ2) is 6.48. The van der Waals surface area contributed by atoms with E-state index >= 15 is 0 Å². The molecule has 6 nitrogen and oxygen atoms in total. The van der Waals surface area contributed by atoms with Gasteiger partial charge in [0, 0.05) is 11.6 Å². The van der Waals surface area contributed by atoms with Crippen LogP contribution in [0.15, 0.2) is 63.8 Å². The molecule has 0 atom stereocenters. The van der Waals surface area contributed by atoms with E-state index in [1.165, 1.54) is 0 Å². The summed E-state index contributed by atoms with van der Waals surface area (Å²) in [5.41, 5.74) is 2.99. The van der Waals surface area contributed by atoms with Gasteiger partial charge in [0.1, 0.15) is 11.4 Å². The fourth-order valence-corrected chi connectivity index (χ4v) is 2.71. The van der Waals surface area contributed by atoms with Crippen LogP contribution in [0.2, 0.25) is 0 Å². The summed E-state index contributed by atoms with van der Waals surface area (Å²) in [5, 5.41) is 2.88. The average Bonchev–Trinajstić information content (AvgIpc) is 3.33. The van der Waals surface area contributed by atoms with Gasteiger partial charge >= 0.3 is 0 Å². The van der Waals surface area contributed by atoms with Gasteiger partial charge in [0.25, 0.3) is 5.91 Å². The van der Waals surface area contributed by atoms with Crippen LogP contribution in [0.25, 0.3) is 33.9 Å². The quantitative estimate of drug-likeness (QED) is 0.595. The van der Waals surface area contributed by atoms with E-state index in [9.17, 15) is 4.79 Å². The Kier molecular flexibility index (Phi) is 4.01. The molecule has 0 unspecified atom stereocenters. The zero-order valence-corrected chi connectivity index (χ0v) is 14.4. The molecule has 1 N–H and O–H groups in total. The van der Waals surface area contributed by atoms with Gasteiger partial charge in [0.05, 0.1) is 23.6 Å². The number of carbonyl (C=O) groups is 1. The highest BCUT2D eigenvalue weighted by Gasteiger charge is 2.18. The van der Waals surface area contributed by atoms with Crippen molar-refractivity contribution in [2.24, 2.45) is 0 Å². The van der Waals surface area contributed by atoms with Crippen molar-refractivity contribution in [1.82, 2.24) is 15.3 Å². The van der Waals surface area contributed by atoms with Gasteiger partial charge in [-0.05, 0) is 56.3 Å². The molecule has 0 bridgehead atoms. The predicted molar refractivity (Wildman–Crippen MR) is 97.5 cm³/mol. The minimum atomic E-state index is -0.140. The van der Waals surface area contributed by atoms with E-state index in [4.69, 9.17) is 13.8 Å². The Hall–Kier alpha value is -3.41. The van der Waals surface area contributed by atoms with Gasteiger partial charge in [0.2, 0.25) is 0 Å². The van der Waals surface area contributed by atoms with Crippen molar-refractivity contribution < 1.29 is 13.6 Å². The molecule has 1 aromatic carbocycles. The van der Waals surface area contributed by atoms with E-state index in [0.717, 1.165) is 0 Å². The third-order valence-electron chi connectivity index (χ3n) is 3.86. The molecular formula is C20H17N3O3. The first-order chi connectivity index (χ1) is 12.6. The number of hydrogen-bond acceptors (Lipinski definition) is 5. The Balaban J connectivity index is 1.88. The summed E-state index contributed by atoms with van der Waals surface area (Å²) >= 11 is 0. The first-order valence-electron chi connectivity index (χ1n) is 8.32. The summed E-state index contributed by atoms with van der Waals surface area (Å²) in [7, 11) is 0. The van der Waals surface area contributed by atoms with Crippen molar-refractivity contribution in [3.8, 4) is 22.9 Å². The second-order valence-corrected chi connectivity index (χ2v) is 6.21. The molecule has 0 fully saturated rings. The van der Waals surface area contributed by atoms with E-state index in [0.29, 0.717) is 39.5 Å². The molecule has 130 valence electrons. The third-order valence-corrected chi connectivity index (χ3v) is 3.86. The van der Waals surface area contributed by atoms with Crippen molar-refractivity contribution in [3.05, 3.63) is 60.6 Å². The Morgan fingerprint density at radius 3 is 2.08 bits per heavy atom. The lowest BCUT2D eigenvalue weighted by molar-refractivity contribution is 0.0943. The molecule has 3 heterocycles. The molecule has 4 rings (SSSR count). The molecule has 0 radical (unpaired) electrons. The number of hydrogen-bond donors (Lipinski definition) is 1. The first kappa shape index (κ1) is 16.1. The van der Waals surface area contributed by atoms with Crippen LogP contribution in [0.4, 0.5) is 0 Å². The summed E-state index contributed by atoms with van der Waals surface area (Å²) in [6, 6.07) is 12.6. The minimum absolute atomic E-state index is 0.0595. The lowest BCUT2D eigenvalue weighted by atomic mass is 10.1. The van der Waals surface area contributed by atoms with Gasteiger partial charge in [-0.3, -0.25) is 4.79 Å². The van der Waals surface area contributed by atoms with Gasteiger partial charge in [-0.25, -0.2) is 9.97 Å². The SMILES string of the molecule is CC(C)NC(=O)c1ccc2nc(-c3ccco3)c(-c3ccco3)nc2c1. The van der Waals surface area contributed by atoms with Crippen molar-refractivity contribution in [2.45, 2.75) is 19.9 Å². The molecule has 0 spiro atoms. The largest absolute Gasteiger partial charge is 0.463 e. The van der Waals surface area contributed by atoms with Crippen molar-refractivity contribution >= 4 is 16.9 Å². The van der Waals surface area contributed by atoms with Crippen LogP contribution in [0.3, 0.4) is 0 Å². The maximum atomic E-state index is 12.3. The Labute approximate surface area is 149 Å². The molecular weight excluding hydrogens is 330 g/mol. The van der Waals surface area contributed by atoms with Crippen molar-refractivity contribution in [1.29, 1.82) is 0 Å². The molecule has 3 aromatic heterocycles. The number of rotatable bonds is 4. The Morgan fingerprint density at radius 1 is 0.923 bits per heavy atom. The van der Waals surface area contributed by atoms with Crippen LogP contribution < -0.4 is 5.32 Å². The number of nitrogens with zero attached hydrogens (tertiary/aromatic N) is 2. The number of amides is 1. The van der Waals surface area contributed by atoms with Gasteiger partial charge < -0.3 is 14.2 Å². The van der Waals surface area contributed by atoms with Crippen LogP contribution in [0, 0.1) is 0 Å². The lowest BCUT2D eigenvalue weighted by Crippen LogP contribution is -2.30. The van der Waals surface area contributed by atoms with Crippen LogP contribution in [0.1, 0.15) is 24.2 Å². The van der Waals surface area contributed by atoms with Crippen molar-refractivity contribution in [3.63, 3.8) is 0 Å². The zero-order valence-electron chi connectivity index (χ0n) is 14.4. The zero-order chi connectivity index (χ0) is 18.1. The molecule has 6 heteroatoms. The monoisotopic (exact) mass is 347 g/mol. The highest BCUT2D eigenvalue weighted by atomic mass is 16.3. The molecule has 1 amide bonds. The summed E-state index contributed by atoms with van der Waals surface area (Å²) in [4.78, 5) is 21.7. The van der Waals surface area contributed by atoms with Gasteiger partial charge in [-0.2, -0.15) is 0 Å². The maximum absolute atomic E-state index is 12.3. The first-order valence-corrected chi connectivity index (χ1v) is 8.32. The highest BCUT2D eigenvalue weighted by molar-refractivity contribution is 5.98. The number of benzene rings is 1. The topological polar surface area (TPSA) is 81.2 Å². The highest BCUT2D eigenvalue weighted by Crippen LogP contribution is 2.31. The van der Waals surface area contributed by atoms with E-state index < -0.39 is 0 Å². The smallest absolute Gasteiger partial charge is 0.251 e. The number of fused-ring (bicyclic) bond motifs is 1. The molecule has 0 saturated heterocycles. The number of carbonyl (C=O) groups excluding carboxylic acids is 1. The van der Waals surface area contributed by atoms with Crippen LogP contribution in [0.5, 0.6) is 0 Å². The van der Waals surface area contributed by atoms with Crippen LogP contribution >= 0.6 is 0 Å². The fourth-order valence-electron chi connectivity index (χ4n) is 2.71. The summed E-state index contributed by atoms with van der Waals surface area (Å²) in [5.74, 6) is 1.05. The average molecular weight is 347 g/mol. The molecule has 0 aliphatic carbocycles. The molecule has 0 saturated carbocycles. The molecule has 0 aliphatic rings. The summed E-state index contributed by atoms with van der Waals surface area (Å²) < 4.78 is 11.0. The number of aromatic nitrogens is 2. The van der Waals surface area contributed by atoms with Crippen LogP contribution in [-0.4, -0.2) is 21.9 Å². The molecule has 26 heavy (non-hydrogen) atoms. The minimum Gasteiger partial charge on any atom is -0.463 e. The Morgan fingerprint density at radius 2 is 1.54 bits per heavy atom. The van der Waals surface area contributed by atoms with Crippen LogP contribution in [-0.2, 0) is 0 Å². The van der Waals surface area contributed by atoms with E-state index in [2.05, 4.69) is 10.3 Å². The lowest BCUT2D eigenvalue weighted by Gasteiger charge is -2.10. The van der Waals surface area contributed by atoms with E-state index in [1.54, 1.807) is 42.9 Å². The summed E-state index contributed by atoms with van der Waals surface area (Å²) in [6.45, 7) is 3.84. The second-order valence-electron chi connectivity index (χ2n) is 6.21. The Bertz CT molecular complexity index is 1050. The molecule has 0 aliphatic heterocycles. The maximum Gasteiger partial charge on any atom is 0.251 e. The van der Waals surface area contributed by atoms with Crippen molar-refractivity contribution in [2.75, 3.05) is 0 Å². The molecule has 4 aromatic rings. The number of nitrogens with one attached hydrogen (secondary N) is 1. The fraction of sp³-hybridized carbons (Fsp3) is 0.150. The van der Waals surface area contributed by atoms with Gasteiger partial charge in [-0.15, -0.1) is 0 Å².